The van der Waals surface area contributed by atoms with Crippen LogP contribution in [-0.4, -0.2) is 62.4 Å². The van der Waals surface area contributed by atoms with Gasteiger partial charge >= 0.3 is 0 Å². The summed E-state index contributed by atoms with van der Waals surface area (Å²) in [7, 11) is 3.40. The largest absolute Gasteiger partial charge is 0.356 e. The first-order valence-corrected chi connectivity index (χ1v) is 10.7. The van der Waals surface area contributed by atoms with Crippen molar-refractivity contribution in [2.75, 3.05) is 33.7 Å². The summed E-state index contributed by atoms with van der Waals surface area (Å²) in [6.45, 7) is 2.30. The van der Waals surface area contributed by atoms with E-state index in [0.717, 1.165) is 50.3 Å². The van der Waals surface area contributed by atoms with Crippen LogP contribution in [0, 0.1) is 5.92 Å². The molecule has 0 radical (unpaired) electrons. The predicted octanol–water partition coefficient (Wildman–Crippen LogP) is 2.16. The molecule has 1 aliphatic carbocycles. The Bertz CT molecular complexity index is 749. The molecule has 1 atom stereocenters. The van der Waals surface area contributed by atoms with Crippen LogP contribution in [-0.2, 0) is 11.2 Å². The maximum absolute atomic E-state index is 12.6. The first-order chi connectivity index (χ1) is 14.1. The first-order valence-electron chi connectivity index (χ1n) is 10.7. The van der Waals surface area contributed by atoms with Crippen molar-refractivity contribution < 1.29 is 9.59 Å². The van der Waals surface area contributed by atoms with Crippen LogP contribution in [0.4, 0.5) is 0 Å². The molecule has 1 saturated carbocycles. The molecule has 2 amide bonds. The minimum absolute atomic E-state index is 0. The number of carbonyl (C=O) groups is 2. The van der Waals surface area contributed by atoms with Crippen molar-refractivity contribution in [3.05, 3.63) is 35.4 Å². The number of carbonyl (C=O) groups excluding carboxylic acids is 2. The lowest BCUT2D eigenvalue weighted by molar-refractivity contribution is -0.134. The number of amides is 2. The summed E-state index contributed by atoms with van der Waals surface area (Å²) >= 11 is 0. The molecule has 8 heteroatoms. The van der Waals surface area contributed by atoms with Gasteiger partial charge in [-0.05, 0) is 43.4 Å². The zero-order valence-electron chi connectivity index (χ0n) is 17.9. The van der Waals surface area contributed by atoms with Crippen molar-refractivity contribution in [1.29, 1.82) is 0 Å². The number of hydrogen-bond donors (Lipinski definition) is 3. The number of likely N-dealkylation sites (tertiary alicyclic amines) is 1. The number of guanidine groups is 1. The summed E-state index contributed by atoms with van der Waals surface area (Å²) in [6, 6.07) is 7.90. The van der Waals surface area contributed by atoms with Crippen LogP contribution < -0.4 is 16.0 Å². The van der Waals surface area contributed by atoms with Gasteiger partial charge < -0.3 is 20.9 Å². The van der Waals surface area contributed by atoms with Gasteiger partial charge in [0.2, 0.25) is 5.91 Å². The third-order valence-electron chi connectivity index (χ3n) is 5.89. The fourth-order valence-electron chi connectivity index (χ4n) is 4.23. The van der Waals surface area contributed by atoms with Crippen LogP contribution in [0.5, 0.6) is 0 Å². The van der Waals surface area contributed by atoms with E-state index in [1.807, 2.05) is 29.2 Å². The molecule has 0 spiro atoms. The van der Waals surface area contributed by atoms with Gasteiger partial charge in [0.15, 0.2) is 5.96 Å². The van der Waals surface area contributed by atoms with E-state index in [1.54, 1.807) is 14.1 Å². The summed E-state index contributed by atoms with van der Waals surface area (Å²) < 4.78 is 0. The van der Waals surface area contributed by atoms with Gasteiger partial charge in [-0.2, -0.15) is 0 Å². The molecule has 1 aromatic rings. The van der Waals surface area contributed by atoms with Crippen LogP contribution in [0.15, 0.2) is 29.3 Å². The molecule has 3 N–H and O–H groups in total. The van der Waals surface area contributed by atoms with Crippen molar-refractivity contribution in [3.63, 3.8) is 0 Å². The Labute approximate surface area is 196 Å². The second kappa shape index (κ2) is 12.1. The molecule has 1 unspecified atom stereocenters. The van der Waals surface area contributed by atoms with Gasteiger partial charge in [-0.25, -0.2) is 0 Å². The number of rotatable bonds is 6. The maximum atomic E-state index is 12.6. The normalized spacial score (nSPS) is 19.3. The fraction of sp³-hybridized carbons (Fsp3) is 0.591. The van der Waals surface area contributed by atoms with Crippen molar-refractivity contribution >= 4 is 41.8 Å². The fourth-order valence-corrected chi connectivity index (χ4v) is 4.23. The molecular weight excluding hydrogens is 493 g/mol. The molecule has 1 heterocycles. The molecule has 2 aliphatic rings. The molecule has 3 rings (SSSR count). The first kappa shape index (κ1) is 24.4. The molecular formula is C22H34IN5O2. The molecule has 166 valence electrons. The highest BCUT2D eigenvalue weighted by Gasteiger charge is 2.32. The van der Waals surface area contributed by atoms with Gasteiger partial charge in [-0.3, -0.25) is 14.6 Å². The van der Waals surface area contributed by atoms with Gasteiger partial charge in [0.25, 0.3) is 5.91 Å². The highest BCUT2D eigenvalue weighted by molar-refractivity contribution is 14.0. The van der Waals surface area contributed by atoms with Crippen molar-refractivity contribution in [3.8, 4) is 0 Å². The van der Waals surface area contributed by atoms with Crippen LogP contribution in [0.2, 0.25) is 0 Å². The summed E-state index contributed by atoms with van der Waals surface area (Å²) in [4.78, 5) is 30.7. The lowest BCUT2D eigenvalue weighted by Crippen LogP contribution is -2.45. The van der Waals surface area contributed by atoms with Gasteiger partial charge in [0.05, 0.1) is 0 Å². The second-order valence-electron chi connectivity index (χ2n) is 7.92. The van der Waals surface area contributed by atoms with Crippen molar-refractivity contribution in [1.82, 2.24) is 20.9 Å². The zero-order valence-corrected chi connectivity index (χ0v) is 20.3. The summed E-state index contributed by atoms with van der Waals surface area (Å²) in [5.41, 5.74) is 1.77. The third-order valence-corrected chi connectivity index (χ3v) is 5.89. The lowest BCUT2D eigenvalue weighted by atomic mass is 10.1. The van der Waals surface area contributed by atoms with Crippen molar-refractivity contribution in [2.45, 2.75) is 44.6 Å². The molecule has 0 bridgehead atoms. The molecule has 30 heavy (non-hydrogen) atoms. The van der Waals surface area contributed by atoms with Gasteiger partial charge in [0, 0.05) is 51.3 Å². The summed E-state index contributed by atoms with van der Waals surface area (Å²) in [6.07, 6.45) is 6.23. The SMILES string of the molecule is CN=C(NCCc1cccc(C(=O)NC)c1)NC1CCN(C(=O)C2CCCC2)C1.I. The number of aliphatic imine (C=N–C) groups is 1. The van der Waals surface area contributed by atoms with Crippen molar-refractivity contribution in [2.24, 2.45) is 10.9 Å². The van der Waals surface area contributed by atoms with E-state index >= 15 is 0 Å². The maximum Gasteiger partial charge on any atom is 0.251 e. The van der Waals surface area contributed by atoms with Crippen LogP contribution >= 0.6 is 24.0 Å². The number of benzene rings is 1. The summed E-state index contributed by atoms with van der Waals surface area (Å²) in [5.74, 6) is 1.27. The highest BCUT2D eigenvalue weighted by atomic mass is 127. The van der Waals surface area contributed by atoms with Crippen LogP contribution in [0.25, 0.3) is 0 Å². The van der Waals surface area contributed by atoms with E-state index in [0.29, 0.717) is 18.0 Å². The molecule has 1 aliphatic heterocycles. The molecule has 2 fully saturated rings. The van der Waals surface area contributed by atoms with E-state index in [-0.39, 0.29) is 41.8 Å². The Morgan fingerprint density at radius 2 is 1.97 bits per heavy atom. The molecule has 1 aromatic carbocycles. The van der Waals surface area contributed by atoms with E-state index in [4.69, 9.17) is 0 Å². The molecule has 0 aromatic heterocycles. The number of nitrogens with one attached hydrogen (secondary N) is 3. The highest BCUT2D eigenvalue weighted by Crippen LogP contribution is 2.27. The average molecular weight is 527 g/mol. The van der Waals surface area contributed by atoms with E-state index in [1.165, 1.54) is 12.8 Å². The average Bonchev–Trinajstić information content (AvgIpc) is 3.44. The third kappa shape index (κ3) is 6.58. The standard InChI is InChI=1S/C22H33N5O2.HI/c1-23-20(28)18-9-5-6-16(14-18)10-12-25-22(24-2)26-19-11-13-27(15-19)21(29)17-7-3-4-8-17;/h5-6,9,14,17,19H,3-4,7-8,10-13,15H2,1-2H3,(H,23,28)(H2,24,25,26);1H. The minimum atomic E-state index is -0.0739. The minimum Gasteiger partial charge on any atom is -0.356 e. The van der Waals surface area contributed by atoms with E-state index in [2.05, 4.69) is 20.9 Å². The summed E-state index contributed by atoms with van der Waals surface area (Å²) in [5, 5.41) is 9.44. The molecule has 1 saturated heterocycles. The van der Waals surface area contributed by atoms with E-state index in [9.17, 15) is 9.59 Å². The monoisotopic (exact) mass is 527 g/mol. The Balaban J connectivity index is 0.00000320. The number of halogens is 1. The lowest BCUT2D eigenvalue weighted by Gasteiger charge is -2.21. The topological polar surface area (TPSA) is 85.8 Å². The van der Waals surface area contributed by atoms with Gasteiger partial charge in [-0.1, -0.05) is 25.0 Å². The van der Waals surface area contributed by atoms with Gasteiger partial charge in [-0.15, -0.1) is 24.0 Å². The quantitative estimate of drug-likeness (QED) is 0.301. The van der Waals surface area contributed by atoms with Crippen LogP contribution in [0.3, 0.4) is 0 Å². The van der Waals surface area contributed by atoms with E-state index < -0.39 is 0 Å². The second-order valence-corrected chi connectivity index (χ2v) is 7.92. The number of nitrogens with zero attached hydrogens (tertiary/aromatic N) is 2. The number of hydrogen-bond acceptors (Lipinski definition) is 3. The Morgan fingerprint density at radius 1 is 1.20 bits per heavy atom. The van der Waals surface area contributed by atoms with Crippen LogP contribution in [0.1, 0.15) is 48.0 Å². The smallest absolute Gasteiger partial charge is 0.251 e. The van der Waals surface area contributed by atoms with Gasteiger partial charge in [0.1, 0.15) is 0 Å². The predicted molar refractivity (Wildman–Crippen MR) is 130 cm³/mol. The molecule has 7 nitrogen and oxygen atoms in total. The zero-order chi connectivity index (χ0) is 20.6. The Kier molecular flexibility index (Phi) is 9.87. The Morgan fingerprint density at radius 3 is 2.67 bits per heavy atom. The Hall–Kier alpha value is -1.84.